The summed E-state index contributed by atoms with van der Waals surface area (Å²) in [5, 5.41) is 9.68. The summed E-state index contributed by atoms with van der Waals surface area (Å²) >= 11 is 0. The largest absolute Gasteiger partial charge is 0.508 e. The maximum Gasteiger partial charge on any atom is 0.332 e. The second-order valence-electron chi connectivity index (χ2n) is 7.24. The Morgan fingerprint density at radius 2 is 1.79 bits per heavy atom. The lowest BCUT2D eigenvalue weighted by Crippen LogP contribution is -2.46. The molecule has 2 aromatic heterocycles. The van der Waals surface area contributed by atoms with E-state index in [1.54, 1.807) is 23.6 Å². The molecule has 0 radical (unpaired) electrons. The molecule has 4 rings (SSSR count). The minimum Gasteiger partial charge on any atom is -0.508 e. The van der Waals surface area contributed by atoms with Crippen LogP contribution in [0.3, 0.4) is 0 Å². The van der Waals surface area contributed by atoms with Crippen molar-refractivity contribution in [3.05, 3.63) is 50.9 Å². The Balaban J connectivity index is 1.53. The summed E-state index contributed by atoms with van der Waals surface area (Å²) in [6.45, 7) is 8.41. The van der Waals surface area contributed by atoms with E-state index in [0.29, 0.717) is 36.6 Å². The van der Waals surface area contributed by atoms with Gasteiger partial charge in [-0.15, -0.1) is 0 Å². The van der Waals surface area contributed by atoms with Gasteiger partial charge >= 0.3 is 5.69 Å². The number of hydrogen-bond acceptors (Lipinski definition) is 6. The molecule has 3 aromatic rings. The van der Waals surface area contributed by atoms with E-state index < -0.39 is 0 Å². The van der Waals surface area contributed by atoms with E-state index in [0.717, 1.165) is 31.9 Å². The molecule has 2 N–H and O–H groups in total. The Hall–Kier alpha value is -3.07. The summed E-state index contributed by atoms with van der Waals surface area (Å²) in [6, 6.07) is 7.29. The number of piperazine rings is 1. The number of benzene rings is 1. The van der Waals surface area contributed by atoms with Crippen LogP contribution < -0.4 is 16.1 Å². The maximum atomic E-state index is 12.6. The average Bonchev–Trinajstić information content (AvgIpc) is 3.13. The number of aryl methyl sites for hydroxylation is 1. The smallest absolute Gasteiger partial charge is 0.332 e. The van der Waals surface area contributed by atoms with E-state index in [4.69, 9.17) is 0 Å². The summed E-state index contributed by atoms with van der Waals surface area (Å²) in [4.78, 5) is 37.3. The molecule has 154 valence electrons. The second kappa shape index (κ2) is 7.75. The summed E-state index contributed by atoms with van der Waals surface area (Å²) < 4.78 is 2.78. The zero-order chi connectivity index (χ0) is 20.5. The highest BCUT2D eigenvalue weighted by atomic mass is 16.3. The van der Waals surface area contributed by atoms with Crippen molar-refractivity contribution in [1.82, 2.24) is 24.0 Å². The van der Waals surface area contributed by atoms with Gasteiger partial charge in [0.1, 0.15) is 17.1 Å². The molecule has 1 saturated heterocycles. The molecule has 0 atom stereocenters. The molecule has 1 aromatic carbocycles. The molecule has 3 heterocycles. The number of nitrogens with zero attached hydrogens (tertiary/aromatic N) is 5. The molecule has 1 fully saturated rings. The first-order valence-corrected chi connectivity index (χ1v) is 10.00. The number of fused-ring (bicyclic) bond motifs is 1. The van der Waals surface area contributed by atoms with Crippen LogP contribution in [0.2, 0.25) is 0 Å². The number of H-pyrrole nitrogens is 1. The number of phenolic OH excluding ortho intramolecular Hbond substituents is 1. The van der Waals surface area contributed by atoms with Gasteiger partial charge in [-0.3, -0.25) is 18.8 Å². The number of imidazole rings is 1. The first kappa shape index (κ1) is 19.3. The van der Waals surface area contributed by atoms with Crippen LogP contribution in [-0.4, -0.2) is 55.3 Å². The van der Waals surface area contributed by atoms with Gasteiger partial charge in [-0.05, 0) is 26.0 Å². The van der Waals surface area contributed by atoms with Crippen LogP contribution in [0.4, 0.5) is 5.69 Å². The van der Waals surface area contributed by atoms with Crippen molar-refractivity contribution >= 4 is 16.9 Å². The number of aromatic amines is 1. The molecule has 0 spiro atoms. The molecule has 1 aliphatic heterocycles. The minimum atomic E-state index is -0.315. The Kier molecular flexibility index (Phi) is 5.14. The first-order valence-electron chi connectivity index (χ1n) is 10.00. The van der Waals surface area contributed by atoms with Crippen LogP contribution in [0.1, 0.15) is 19.7 Å². The summed E-state index contributed by atoms with van der Waals surface area (Å²) in [5.41, 5.74) is 1.21. The van der Waals surface area contributed by atoms with Crippen molar-refractivity contribution in [2.75, 3.05) is 31.1 Å². The quantitative estimate of drug-likeness (QED) is 0.664. The van der Waals surface area contributed by atoms with Gasteiger partial charge in [-0.25, -0.2) is 9.78 Å². The predicted molar refractivity (Wildman–Crippen MR) is 112 cm³/mol. The number of phenols is 1. The van der Waals surface area contributed by atoms with E-state index in [1.807, 2.05) is 19.1 Å². The molecule has 9 heteroatoms. The van der Waals surface area contributed by atoms with Crippen LogP contribution >= 0.6 is 0 Å². The zero-order valence-electron chi connectivity index (χ0n) is 16.8. The van der Waals surface area contributed by atoms with Gasteiger partial charge in [-0.1, -0.05) is 6.07 Å². The Labute approximate surface area is 167 Å². The van der Waals surface area contributed by atoms with E-state index in [-0.39, 0.29) is 17.0 Å². The molecule has 0 amide bonds. The molecule has 0 unspecified atom stereocenters. The average molecular weight is 398 g/mol. The van der Waals surface area contributed by atoms with Gasteiger partial charge in [-0.2, -0.15) is 0 Å². The highest BCUT2D eigenvalue weighted by Crippen LogP contribution is 2.21. The fourth-order valence-electron chi connectivity index (χ4n) is 3.92. The third-order valence-electron chi connectivity index (χ3n) is 5.48. The maximum absolute atomic E-state index is 12.6. The standard InChI is InChI=1S/C20H26N6O3/c1-3-25-18-17(19(28)26(4-2)20(25)29)21-16(22-18)13-23-8-10-24(11-9-23)14-6-5-7-15(27)12-14/h5-7,12,27H,3-4,8-11,13H2,1-2H3,(H,21,22). The Morgan fingerprint density at radius 1 is 1.07 bits per heavy atom. The number of aromatic hydroxyl groups is 1. The highest BCUT2D eigenvalue weighted by molar-refractivity contribution is 5.69. The summed E-state index contributed by atoms with van der Waals surface area (Å²) in [7, 11) is 0. The molecule has 0 bridgehead atoms. The van der Waals surface area contributed by atoms with E-state index in [2.05, 4.69) is 19.8 Å². The van der Waals surface area contributed by atoms with Gasteiger partial charge in [0, 0.05) is 51.0 Å². The van der Waals surface area contributed by atoms with Gasteiger partial charge in [0.05, 0.1) is 6.54 Å². The van der Waals surface area contributed by atoms with Crippen molar-refractivity contribution in [2.45, 2.75) is 33.5 Å². The molecular formula is C20H26N6O3. The van der Waals surface area contributed by atoms with Crippen LogP contribution in [0.25, 0.3) is 11.2 Å². The molecule has 29 heavy (non-hydrogen) atoms. The van der Waals surface area contributed by atoms with Gasteiger partial charge in [0.2, 0.25) is 0 Å². The lowest BCUT2D eigenvalue weighted by atomic mass is 10.2. The number of nitrogens with one attached hydrogen (secondary N) is 1. The summed E-state index contributed by atoms with van der Waals surface area (Å²) in [5.74, 6) is 0.963. The van der Waals surface area contributed by atoms with Crippen molar-refractivity contribution in [3.8, 4) is 5.75 Å². The van der Waals surface area contributed by atoms with Crippen LogP contribution in [0, 0.1) is 0 Å². The lowest BCUT2D eigenvalue weighted by molar-refractivity contribution is 0.245. The van der Waals surface area contributed by atoms with Crippen molar-refractivity contribution < 1.29 is 5.11 Å². The van der Waals surface area contributed by atoms with Crippen LogP contribution in [-0.2, 0) is 19.6 Å². The third kappa shape index (κ3) is 3.53. The minimum absolute atomic E-state index is 0.270. The fraction of sp³-hybridized carbons (Fsp3) is 0.450. The zero-order valence-corrected chi connectivity index (χ0v) is 16.8. The lowest BCUT2D eigenvalue weighted by Gasteiger charge is -2.35. The molecular weight excluding hydrogens is 372 g/mol. The highest BCUT2D eigenvalue weighted by Gasteiger charge is 2.20. The van der Waals surface area contributed by atoms with Crippen LogP contribution in [0.5, 0.6) is 5.75 Å². The monoisotopic (exact) mass is 398 g/mol. The Bertz CT molecular complexity index is 1140. The normalized spacial score (nSPS) is 15.3. The molecule has 9 nitrogen and oxygen atoms in total. The van der Waals surface area contributed by atoms with Gasteiger partial charge in [0.25, 0.3) is 5.56 Å². The second-order valence-corrected chi connectivity index (χ2v) is 7.24. The number of aromatic nitrogens is 4. The third-order valence-corrected chi connectivity index (χ3v) is 5.48. The molecule has 1 aliphatic rings. The van der Waals surface area contributed by atoms with Gasteiger partial charge in [0.15, 0.2) is 5.65 Å². The summed E-state index contributed by atoms with van der Waals surface area (Å²) in [6.07, 6.45) is 0. The van der Waals surface area contributed by atoms with E-state index in [1.165, 1.54) is 4.57 Å². The van der Waals surface area contributed by atoms with Crippen LogP contribution in [0.15, 0.2) is 33.9 Å². The van der Waals surface area contributed by atoms with Gasteiger partial charge < -0.3 is 15.0 Å². The van der Waals surface area contributed by atoms with Crippen molar-refractivity contribution in [3.63, 3.8) is 0 Å². The van der Waals surface area contributed by atoms with E-state index in [9.17, 15) is 14.7 Å². The fourth-order valence-corrected chi connectivity index (χ4v) is 3.92. The first-order chi connectivity index (χ1) is 14.0. The SMILES string of the molecule is CCn1c(=O)c2[nH]c(CN3CCN(c4cccc(O)c4)CC3)nc2n(CC)c1=O. The van der Waals surface area contributed by atoms with Crippen molar-refractivity contribution in [2.24, 2.45) is 0 Å². The van der Waals surface area contributed by atoms with E-state index >= 15 is 0 Å². The number of rotatable bonds is 5. The topological polar surface area (TPSA) is 99.4 Å². The molecule has 0 saturated carbocycles. The number of anilines is 1. The number of hydrogen-bond donors (Lipinski definition) is 2. The molecule has 0 aliphatic carbocycles. The Morgan fingerprint density at radius 3 is 2.45 bits per heavy atom. The predicted octanol–water partition coefficient (Wildman–Crippen LogP) is 0.954. The van der Waals surface area contributed by atoms with Crippen molar-refractivity contribution in [1.29, 1.82) is 0 Å².